The number of nitrogens with zero attached hydrogens (tertiary/aromatic N) is 2. The van der Waals surface area contributed by atoms with E-state index in [-0.39, 0.29) is 18.3 Å². The molecule has 1 atom stereocenters. The van der Waals surface area contributed by atoms with Gasteiger partial charge in [-0.05, 0) is 19.3 Å². The Hall–Kier alpha value is -2.18. The minimum Gasteiger partial charge on any atom is -0.481 e. The number of aryl methyl sites for hydroxylation is 1. The normalized spacial score (nSPS) is 12.0. The zero-order valence-corrected chi connectivity index (χ0v) is 12.7. The molecule has 0 saturated heterocycles. The number of rotatable bonds is 7. The Kier molecular flexibility index (Phi) is 6.08. The van der Waals surface area contributed by atoms with Gasteiger partial charge >= 0.3 is 11.9 Å². The molecule has 1 heterocycles. The Balaban J connectivity index is 2.80. The number of esters is 1. The van der Waals surface area contributed by atoms with E-state index in [1.54, 1.807) is 13.0 Å². The van der Waals surface area contributed by atoms with E-state index in [9.17, 15) is 14.7 Å². The fourth-order valence-electron chi connectivity index (χ4n) is 1.91. The van der Waals surface area contributed by atoms with Gasteiger partial charge in [0.2, 0.25) is 5.82 Å². The molecule has 116 valence electrons. The number of carbonyl (C=O) groups is 2. The summed E-state index contributed by atoms with van der Waals surface area (Å²) in [5.41, 5.74) is 0.601. The molecular weight excluding hydrogens is 274 g/mol. The summed E-state index contributed by atoms with van der Waals surface area (Å²) in [5, 5.41) is 12.1. The van der Waals surface area contributed by atoms with Gasteiger partial charge in [0, 0.05) is 18.3 Å². The Bertz CT molecular complexity index is 517. The molecule has 0 saturated carbocycles. The first kappa shape index (κ1) is 16.9. The van der Waals surface area contributed by atoms with E-state index >= 15 is 0 Å². The van der Waals surface area contributed by atoms with Gasteiger partial charge in [-0.2, -0.15) is 0 Å². The van der Waals surface area contributed by atoms with Crippen LogP contribution in [0.15, 0.2) is 6.07 Å². The highest BCUT2D eigenvalue weighted by Gasteiger charge is 2.19. The van der Waals surface area contributed by atoms with E-state index in [1.165, 1.54) is 7.11 Å². The van der Waals surface area contributed by atoms with Gasteiger partial charge in [0.15, 0.2) is 0 Å². The van der Waals surface area contributed by atoms with Gasteiger partial charge in [0.25, 0.3) is 0 Å². The predicted molar refractivity (Wildman–Crippen MR) is 77.2 cm³/mol. The highest BCUT2D eigenvalue weighted by Crippen LogP contribution is 2.14. The van der Waals surface area contributed by atoms with Crippen molar-refractivity contribution in [3.8, 4) is 0 Å². The lowest BCUT2D eigenvalue weighted by molar-refractivity contribution is -0.141. The number of carboxylic acid groups (broad SMARTS) is 1. The summed E-state index contributed by atoms with van der Waals surface area (Å²) >= 11 is 0. The molecule has 0 aliphatic heterocycles. The smallest absolute Gasteiger partial charge is 0.376 e. The number of carbonyl (C=O) groups excluding carboxylic acids is 1. The molecular formula is C14H21N3O4. The molecule has 0 amide bonds. The number of hydrogen-bond donors (Lipinski definition) is 2. The van der Waals surface area contributed by atoms with E-state index in [2.05, 4.69) is 20.0 Å². The quantitative estimate of drug-likeness (QED) is 0.738. The summed E-state index contributed by atoms with van der Waals surface area (Å²) in [7, 11) is 1.25. The van der Waals surface area contributed by atoms with E-state index in [4.69, 9.17) is 0 Å². The molecule has 2 N–H and O–H groups in total. The molecule has 7 heteroatoms. The lowest BCUT2D eigenvalue weighted by atomic mass is 9.97. The standard InChI is InChI=1S/C14H21N3O4/c1-8(2)5-10(13(18)19)7-15-11-6-9(3)16-12(17-11)14(20)21-4/h6,8,10H,5,7H2,1-4H3,(H,18,19)(H,15,16,17). The van der Waals surface area contributed by atoms with Crippen molar-refractivity contribution in [2.75, 3.05) is 19.0 Å². The van der Waals surface area contributed by atoms with Gasteiger partial charge in [-0.15, -0.1) is 0 Å². The summed E-state index contributed by atoms with van der Waals surface area (Å²) in [6.45, 7) is 5.91. The van der Waals surface area contributed by atoms with Crippen LogP contribution >= 0.6 is 0 Å². The molecule has 0 radical (unpaired) electrons. The van der Waals surface area contributed by atoms with Crippen molar-refractivity contribution in [2.45, 2.75) is 27.2 Å². The van der Waals surface area contributed by atoms with Crippen molar-refractivity contribution in [1.29, 1.82) is 0 Å². The highest BCUT2D eigenvalue weighted by molar-refractivity contribution is 5.85. The van der Waals surface area contributed by atoms with Gasteiger partial charge in [0.05, 0.1) is 13.0 Å². The fourth-order valence-corrected chi connectivity index (χ4v) is 1.91. The second-order valence-electron chi connectivity index (χ2n) is 5.26. The molecule has 21 heavy (non-hydrogen) atoms. The summed E-state index contributed by atoms with van der Waals surface area (Å²) in [6, 6.07) is 1.65. The van der Waals surface area contributed by atoms with E-state index in [0.29, 0.717) is 17.9 Å². The number of anilines is 1. The molecule has 0 fully saturated rings. The Labute approximate surface area is 123 Å². The second kappa shape index (κ2) is 7.56. The Morgan fingerprint density at radius 1 is 1.38 bits per heavy atom. The number of hydrogen-bond acceptors (Lipinski definition) is 6. The van der Waals surface area contributed by atoms with Crippen LogP contribution < -0.4 is 5.32 Å². The summed E-state index contributed by atoms with van der Waals surface area (Å²) in [5.74, 6) is -1.34. The number of aliphatic carboxylic acids is 1. The Morgan fingerprint density at radius 2 is 2.05 bits per heavy atom. The summed E-state index contributed by atoms with van der Waals surface area (Å²) in [4.78, 5) is 30.6. The van der Waals surface area contributed by atoms with Crippen molar-refractivity contribution in [3.05, 3.63) is 17.6 Å². The zero-order valence-electron chi connectivity index (χ0n) is 12.7. The fraction of sp³-hybridized carbons (Fsp3) is 0.571. The average Bonchev–Trinajstić information content (AvgIpc) is 2.41. The second-order valence-corrected chi connectivity index (χ2v) is 5.26. The van der Waals surface area contributed by atoms with Gasteiger partial charge in [-0.1, -0.05) is 13.8 Å². The largest absolute Gasteiger partial charge is 0.481 e. The molecule has 0 aromatic carbocycles. The van der Waals surface area contributed by atoms with Crippen LogP contribution in [0.2, 0.25) is 0 Å². The number of ether oxygens (including phenoxy) is 1. The van der Waals surface area contributed by atoms with Crippen LogP contribution in [0.25, 0.3) is 0 Å². The van der Waals surface area contributed by atoms with Crippen LogP contribution in [0.4, 0.5) is 5.82 Å². The van der Waals surface area contributed by atoms with Crippen LogP contribution in [0.3, 0.4) is 0 Å². The first-order chi connectivity index (χ1) is 9.83. The average molecular weight is 295 g/mol. The van der Waals surface area contributed by atoms with E-state index < -0.39 is 17.9 Å². The van der Waals surface area contributed by atoms with Crippen molar-refractivity contribution in [3.63, 3.8) is 0 Å². The maximum atomic E-state index is 11.4. The van der Waals surface area contributed by atoms with Crippen molar-refractivity contribution < 1.29 is 19.4 Å². The molecule has 7 nitrogen and oxygen atoms in total. The molecule has 1 unspecified atom stereocenters. The van der Waals surface area contributed by atoms with E-state index in [0.717, 1.165) is 0 Å². The van der Waals surface area contributed by atoms with E-state index in [1.807, 2.05) is 13.8 Å². The number of aromatic nitrogens is 2. The molecule has 0 aliphatic carbocycles. The summed E-state index contributed by atoms with van der Waals surface area (Å²) in [6.07, 6.45) is 0.566. The molecule has 0 aliphatic rings. The number of methoxy groups -OCH3 is 1. The van der Waals surface area contributed by atoms with Gasteiger partial charge in [-0.25, -0.2) is 14.8 Å². The number of nitrogens with one attached hydrogen (secondary N) is 1. The lowest BCUT2D eigenvalue weighted by Crippen LogP contribution is -2.25. The van der Waals surface area contributed by atoms with Crippen molar-refractivity contribution in [2.24, 2.45) is 11.8 Å². The topological polar surface area (TPSA) is 101 Å². The van der Waals surface area contributed by atoms with Crippen LogP contribution in [-0.2, 0) is 9.53 Å². The SMILES string of the molecule is COC(=O)c1nc(C)cc(NCC(CC(C)C)C(=O)O)n1. The third-order valence-corrected chi connectivity index (χ3v) is 2.86. The van der Waals surface area contributed by atoms with Crippen LogP contribution in [0, 0.1) is 18.8 Å². The zero-order chi connectivity index (χ0) is 16.0. The monoisotopic (exact) mass is 295 g/mol. The minimum atomic E-state index is -0.852. The Morgan fingerprint density at radius 3 is 2.57 bits per heavy atom. The lowest BCUT2D eigenvalue weighted by Gasteiger charge is -2.16. The highest BCUT2D eigenvalue weighted by atomic mass is 16.5. The first-order valence-corrected chi connectivity index (χ1v) is 6.74. The van der Waals surface area contributed by atoms with Gasteiger partial charge in [0.1, 0.15) is 5.82 Å². The third kappa shape index (κ3) is 5.37. The maximum absolute atomic E-state index is 11.4. The maximum Gasteiger partial charge on any atom is 0.376 e. The van der Waals surface area contributed by atoms with Crippen LogP contribution in [0.5, 0.6) is 0 Å². The molecule has 1 aromatic rings. The van der Waals surface area contributed by atoms with Gasteiger partial charge in [-0.3, -0.25) is 4.79 Å². The predicted octanol–water partition coefficient (Wildman–Crippen LogP) is 1.73. The van der Waals surface area contributed by atoms with Crippen molar-refractivity contribution in [1.82, 2.24) is 9.97 Å². The van der Waals surface area contributed by atoms with Crippen molar-refractivity contribution >= 4 is 17.8 Å². The summed E-state index contributed by atoms with van der Waals surface area (Å²) < 4.78 is 4.58. The molecule has 1 rings (SSSR count). The van der Waals surface area contributed by atoms with Crippen LogP contribution in [-0.4, -0.2) is 40.7 Å². The molecule has 1 aromatic heterocycles. The first-order valence-electron chi connectivity index (χ1n) is 6.74. The van der Waals surface area contributed by atoms with Gasteiger partial charge < -0.3 is 15.2 Å². The van der Waals surface area contributed by atoms with Crippen LogP contribution in [0.1, 0.15) is 36.6 Å². The minimum absolute atomic E-state index is 0.0456. The molecule has 0 spiro atoms. The molecule has 0 bridgehead atoms. The number of carboxylic acids is 1. The third-order valence-electron chi connectivity index (χ3n) is 2.86.